The Bertz CT molecular complexity index is 589. The minimum atomic E-state index is -0.579. The fourth-order valence-corrected chi connectivity index (χ4v) is 2.57. The molecule has 17 heavy (non-hydrogen) atoms. The van der Waals surface area contributed by atoms with Crippen molar-refractivity contribution in [3.8, 4) is 0 Å². The van der Waals surface area contributed by atoms with Gasteiger partial charge in [0.2, 0.25) is 5.91 Å². The predicted octanol–water partition coefficient (Wildman–Crippen LogP) is 1.59. The number of carbonyl (C=O) groups is 2. The molecule has 5 heteroatoms. The lowest BCUT2D eigenvalue weighted by Crippen LogP contribution is -2.17. The zero-order chi connectivity index (χ0) is 12.4. The summed E-state index contributed by atoms with van der Waals surface area (Å²) >= 11 is 1.59. The molecule has 1 aromatic heterocycles. The standard InChI is InChI=1S/C12H12N2O2S/c1-7-14-10-3-2-8(5-11(10)17-7)4-9(15)6-12(13)16/h2-3,5H,4,6H2,1H3,(H2,13,16). The van der Waals surface area contributed by atoms with E-state index in [9.17, 15) is 9.59 Å². The summed E-state index contributed by atoms with van der Waals surface area (Å²) < 4.78 is 1.06. The van der Waals surface area contributed by atoms with Crippen molar-refractivity contribution >= 4 is 33.2 Å². The fraction of sp³-hybridized carbons (Fsp3) is 0.250. The first-order valence-electron chi connectivity index (χ1n) is 5.20. The first-order chi connectivity index (χ1) is 8.04. The predicted molar refractivity (Wildman–Crippen MR) is 66.9 cm³/mol. The molecule has 4 nitrogen and oxygen atoms in total. The lowest BCUT2D eigenvalue weighted by Gasteiger charge is -1.99. The molecule has 1 heterocycles. The summed E-state index contributed by atoms with van der Waals surface area (Å²) in [4.78, 5) is 26.4. The Morgan fingerprint density at radius 1 is 1.41 bits per heavy atom. The van der Waals surface area contributed by atoms with Crippen molar-refractivity contribution in [2.75, 3.05) is 0 Å². The van der Waals surface area contributed by atoms with Gasteiger partial charge in [-0.15, -0.1) is 11.3 Å². The third-order valence-electron chi connectivity index (χ3n) is 2.33. The van der Waals surface area contributed by atoms with Crippen LogP contribution in [-0.4, -0.2) is 16.7 Å². The number of rotatable bonds is 4. The Morgan fingerprint density at radius 3 is 2.88 bits per heavy atom. The van der Waals surface area contributed by atoms with E-state index in [0.717, 1.165) is 20.8 Å². The molecule has 0 saturated carbocycles. The number of ketones is 1. The zero-order valence-electron chi connectivity index (χ0n) is 9.40. The normalized spacial score (nSPS) is 10.6. The van der Waals surface area contributed by atoms with Crippen LogP contribution in [0.25, 0.3) is 10.2 Å². The Balaban J connectivity index is 2.19. The van der Waals surface area contributed by atoms with E-state index < -0.39 is 5.91 Å². The van der Waals surface area contributed by atoms with Crippen molar-refractivity contribution in [3.05, 3.63) is 28.8 Å². The third kappa shape index (κ3) is 2.88. The number of nitrogens with zero attached hydrogens (tertiary/aromatic N) is 1. The first-order valence-corrected chi connectivity index (χ1v) is 6.02. The van der Waals surface area contributed by atoms with Crippen LogP contribution in [0.5, 0.6) is 0 Å². The molecule has 2 N–H and O–H groups in total. The number of carbonyl (C=O) groups excluding carboxylic acids is 2. The average Bonchev–Trinajstić information content (AvgIpc) is 2.55. The van der Waals surface area contributed by atoms with Crippen molar-refractivity contribution < 1.29 is 9.59 Å². The van der Waals surface area contributed by atoms with Crippen LogP contribution in [0.3, 0.4) is 0 Å². The van der Waals surface area contributed by atoms with Gasteiger partial charge in [0.25, 0.3) is 0 Å². The number of aryl methyl sites for hydroxylation is 1. The molecular weight excluding hydrogens is 236 g/mol. The first kappa shape index (κ1) is 11.7. The monoisotopic (exact) mass is 248 g/mol. The Kier molecular flexibility index (Phi) is 3.19. The summed E-state index contributed by atoms with van der Waals surface area (Å²) in [5.41, 5.74) is 6.81. The molecule has 0 spiro atoms. The second-order valence-electron chi connectivity index (χ2n) is 3.89. The number of benzene rings is 1. The number of fused-ring (bicyclic) bond motifs is 1. The topological polar surface area (TPSA) is 73.1 Å². The van der Waals surface area contributed by atoms with E-state index in [1.807, 2.05) is 25.1 Å². The average molecular weight is 248 g/mol. The largest absolute Gasteiger partial charge is 0.369 e. The zero-order valence-corrected chi connectivity index (χ0v) is 10.2. The molecule has 0 bridgehead atoms. The summed E-state index contributed by atoms with van der Waals surface area (Å²) in [7, 11) is 0. The Morgan fingerprint density at radius 2 is 2.18 bits per heavy atom. The van der Waals surface area contributed by atoms with Gasteiger partial charge in [-0.2, -0.15) is 0 Å². The van der Waals surface area contributed by atoms with E-state index in [1.165, 1.54) is 0 Å². The van der Waals surface area contributed by atoms with E-state index >= 15 is 0 Å². The van der Waals surface area contributed by atoms with E-state index in [0.29, 0.717) is 0 Å². The molecule has 0 aliphatic carbocycles. The molecule has 0 unspecified atom stereocenters. The maximum atomic E-state index is 11.5. The summed E-state index contributed by atoms with van der Waals surface area (Å²) in [5.74, 6) is -0.734. The van der Waals surface area contributed by atoms with E-state index in [2.05, 4.69) is 4.98 Å². The van der Waals surface area contributed by atoms with Gasteiger partial charge >= 0.3 is 0 Å². The van der Waals surface area contributed by atoms with Crippen LogP contribution in [0.15, 0.2) is 18.2 Å². The van der Waals surface area contributed by atoms with Gasteiger partial charge in [-0.05, 0) is 24.6 Å². The highest BCUT2D eigenvalue weighted by molar-refractivity contribution is 7.18. The van der Waals surface area contributed by atoms with Crippen LogP contribution >= 0.6 is 11.3 Å². The number of primary amides is 1. The van der Waals surface area contributed by atoms with E-state index in [-0.39, 0.29) is 18.6 Å². The van der Waals surface area contributed by atoms with Crippen LogP contribution in [0.2, 0.25) is 0 Å². The SMILES string of the molecule is Cc1nc2ccc(CC(=O)CC(N)=O)cc2s1. The second kappa shape index (κ2) is 4.63. The number of hydrogen-bond acceptors (Lipinski definition) is 4. The Labute approximate surface area is 102 Å². The van der Waals surface area contributed by atoms with Gasteiger partial charge in [0, 0.05) is 6.42 Å². The molecule has 1 aromatic carbocycles. The number of aromatic nitrogens is 1. The molecule has 0 aliphatic rings. The number of nitrogens with two attached hydrogens (primary N) is 1. The molecular formula is C12H12N2O2S. The molecule has 0 radical (unpaired) electrons. The van der Waals surface area contributed by atoms with Gasteiger partial charge in [-0.3, -0.25) is 9.59 Å². The summed E-state index contributed by atoms with van der Waals surface area (Å²) in [6.45, 7) is 1.95. The van der Waals surface area contributed by atoms with Crippen LogP contribution in [-0.2, 0) is 16.0 Å². The smallest absolute Gasteiger partial charge is 0.224 e. The highest BCUT2D eigenvalue weighted by atomic mass is 32.1. The number of thiazole rings is 1. The minimum Gasteiger partial charge on any atom is -0.369 e. The second-order valence-corrected chi connectivity index (χ2v) is 5.13. The van der Waals surface area contributed by atoms with Crippen molar-refractivity contribution in [2.24, 2.45) is 5.73 Å². The molecule has 88 valence electrons. The highest BCUT2D eigenvalue weighted by Gasteiger charge is 2.08. The summed E-state index contributed by atoms with van der Waals surface area (Å²) in [6, 6.07) is 5.70. The van der Waals surface area contributed by atoms with Crippen molar-refractivity contribution in [3.63, 3.8) is 0 Å². The number of amides is 1. The number of hydrogen-bond donors (Lipinski definition) is 1. The van der Waals surface area contributed by atoms with Crippen molar-refractivity contribution in [2.45, 2.75) is 19.8 Å². The highest BCUT2D eigenvalue weighted by Crippen LogP contribution is 2.22. The van der Waals surface area contributed by atoms with Gasteiger partial charge in [0.1, 0.15) is 5.78 Å². The van der Waals surface area contributed by atoms with E-state index in [4.69, 9.17) is 5.73 Å². The molecule has 0 fully saturated rings. The van der Waals surface area contributed by atoms with Gasteiger partial charge < -0.3 is 5.73 Å². The van der Waals surface area contributed by atoms with Gasteiger partial charge in [0.15, 0.2) is 0 Å². The maximum absolute atomic E-state index is 11.5. The van der Waals surface area contributed by atoms with Crippen LogP contribution in [0, 0.1) is 6.92 Å². The fourth-order valence-electron chi connectivity index (χ4n) is 1.68. The molecule has 0 atom stereocenters. The molecule has 0 aliphatic heterocycles. The van der Waals surface area contributed by atoms with Gasteiger partial charge in [0.05, 0.1) is 21.6 Å². The Hall–Kier alpha value is -1.75. The molecule has 0 saturated heterocycles. The maximum Gasteiger partial charge on any atom is 0.224 e. The summed E-state index contributed by atoms with van der Waals surface area (Å²) in [5, 5.41) is 1.00. The minimum absolute atomic E-state index is 0.155. The number of Topliss-reactive ketones (excluding diaryl/α,β-unsaturated/α-hetero) is 1. The molecule has 2 rings (SSSR count). The van der Waals surface area contributed by atoms with Gasteiger partial charge in [-0.1, -0.05) is 6.07 Å². The van der Waals surface area contributed by atoms with Crippen LogP contribution < -0.4 is 5.73 Å². The van der Waals surface area contributed by atoms with Crippen molar-refractivity contribution in [1.82, 2.24) is 4.98 Å². The van der Waals surface area contributed by atoms with Gasteiger partial charge in [-0.25, -0.2) is 4.98 Å². The lowest BCUT2D eigenvalue weighted by atomic mass is 10.1. The third-order valence-corrected chi connectivity index (χ3v) is 3.27. The van der Waals surface area contributed by atoms with E-state index in [1.54, 1.807) is 11.3 Å². The van der Waals surface area contributed by atoms with Crippen molar-refractivity contribution in [1.29, 1.82) is 0 Å². The molecule has 1 amide bonds. The summed E-state index contributed by atoms with van der Waals surface area (Å²) in [6.07, 6.45) is 0.0512. The molecule has 2 aromatic rings. The quantitative estimate of drug-likeness (QED) is 0.835. The lowest BCUT2D eigenvalue weighted by molar-refractivity contribution is -0.126. The van der Waals surface area contributed by atoms with Crippen LogP contribution in [0.1, 0.15) is 17.0 Å². The van der Waals surface area contributed by atoms with Crippen LogP contribution in [0.4, 0.5) is 0 Å².